The van der Waals surface area contributed by atoms with Gasteiger partial charge in [0.15, 0.2) is 0 Å². The van der Waals surface area contributed by atoms with Gasteiger partial charge in [-0.05, 0) is 67.9 Å². The van der Waals surface area contributed by atoms with Gasteiger partial charge >= 0.3 is 0 Å². The van der Waals surface area contributed by atoms with Crippen LogP contribution in [0.2, 0.25) is 0 Å². The number of aromatic nitrogens is 4. The van der Waals surface area contributed by atoms with E-state index in [1.807, 2.05) is 35.6 Å². The van der Waals surface area contributed by atoms with Crippen molar-refractivity contribution in [1.29, 1.82) is 0 Å². The number of piperazine rings is 1. The summed E-state index contributed by atoms with van der Waals surface area (Å²) in [6.07, 6.45) is 7.78. The molecule has 5 heterocycles. The third-order valence-electron chi connectivity index (χ3n) is 7.91. The molecule has 2 aliphatic rings. The Labute approximate surface area is 228 Å². The first-order chi connectivity index (χ1) is 19.1. The first-order valence-electron chi connectivity index (χ1n) is 13.7. The number of hydrogen-bond acceptors (Lipinski definition) is 8. The van der Waals surface area contributed by atoms with E-state index in [0.29, 0.717) is 12.0 Å². The second-order valence-electron chi connectivity index (χ2n) is 10.3. The van der Waals surface area contributed by atoms with Crippen molar-refractivity contribution in [2.45, 2.75) is 25.8 Å². The molecule has 0 saturated carbocycles. The van der Waals surface area contributed by atoms with Gasteiger partial charge in [0, 0.05) is 81.7 Å². The Balaban J connectivity index is 1.28. The Kier molecular flexibility index (Phi) is 7.02. The molecule has 1 amide bonds. The Bertz CT molecular complexity index is 1420. The molecule has 202 valence electrons. The van der Waals surface area contributed by atoms with E-state index in [9.17, 15) is 4.79 Å². The summed E-state index contributed by atoms with van der Waals surface area (Å²) in [6.45, 7) is 6.85. The van der Waals surface area contributed by atoms with Crippen LogP contribution in [0.25, 0.3) is 22.2 Å². The second-order valence-corrected chi connectivity index (χ2v) is 10.3. The fraction of sp³-hybridized carbons (Fsp3) is 0.379. The van der Waals surface area contributed by atoms with Crippen LogP contribution in [0.15, 0.2) is 55.0 Å². The highest BCUT2D eigenvalue weighted by atomic mass is 16.2. The van der Waals surface area contributed by atoms with E-state index in [0.717, 1.165) is 91.5 Å². The predicted octanol–water partition coefficient (Wildman–Crippen LogP) is 3.62. The van der Waals surface area contributed by atoms with Crippen LogP contribution in [-0.4, -0.2) is 83.1 Å². The zero-order valence-electron chi connectivity index (χ0n) is 22.5. The molecule has 6 rings (SSSR count). The number of aromatic amines is 1. The topological polar surface area (TPSA) is 105 Å². The minimum Gasteiger partial charge on any atom is -0.368 e. The number of carbonyl (C=O) groups is 1. The number of H-pyrrole nitrogens is 1. The first kappa shape index (κ1) is 25.1. The standard InChI is InChI=1S/C29H35N9O/c1-20(39)37-15-17-38(18-16-37)24-5-3-22(4-6-24)33-29-34-27-26(25(19-32-27)21-7-11-30-12-8-21)28(35-29)36(2)23-9-13-31-14-10-23/h3-8,11-12,19,23,31H,9-10,13-18H2,1-2H3,(H2,32,33,34,35). The normalized spacial score (nSPS) is 16.5. The minimum atomic E-state index is 0.145. The molecule has 2 aliphatic heterocycles. The number of nitrogens with one attached hydrogen (secondary N) is 3. The van der Waals surface area contributed by atoms with Crippen molar-refractivity contribution in [3.8, 4) is 11.1 Å². The highest BCUT2D eigenvalue weighted by molar-refractivity contribution is 6.02. The van der Waals surface area contributed by atoms with E-state index in [4.69, 9.17) is 9.97 Å². The van der Waals surface area contributed by atoms with Crippen LogP contribution in [-0.2, 0) is 4.79 Å². The Morgan fingerprint density at radius 1 is 1.00 bits per heavy atom. The largest absolute Gasteiger partial charge is 0.368 e. The van der Waals surface area contributed by atoms with Crippen LogP contribution in [0.4, 0.5) is 23.1 Å². The maximum absolute atomic E-state index is 11.6. The number of rotatable bonds is 6. The summed E-state index contributed by atoms with van der Waals surface area (Å²) in [6, 6.07) is 12.8. The molecule has 3 aromatic heterocycles. The highest BCUT2D eigenvalue weighted by Crippen LogP contribution is 2.36. The molecular weight excluding hydrogens is 490 g/mol. The first-order valence-corrected chi connectivity index (χ1v) is 13.7. The summed E-state index contributed by atoms with van der Waals surface area (Å²) in [5.74, 6) is 1.62. The minimum absolute atomic E-state index is 0.145. The molecular formula is C29H35N9O. The van der Waals surface area contributed by atoms with E-state index in [1.54, 1.807) is 6.92 Å². The van der Waals surface area contributed by atoms with E-state index in [1.165, 1.54) is 0 Å². The molecule has 2 saturated heterocycles. The summed E-state index contributed by atoms with van der Waals surface area (Å²) >= 11 is 0. The van der Waals surface area contributed by atoms with E-state index in [-0.39, 0.29) is 5.91 Å². The number of carbonyl (C=O) groups excluding carboxylic acids is 1. The molecule has 0 spiro atoms. The lowest BCUT2D eigenvalue weighted by Gasteiger charge is -2.35. The Morgan fingerprint density at radius 3 is 2.41 bits per heavy atom. The van der Waals surface area contributed by atoms with Gasteiger partial charge in [0.25, 0.3) is 0 Å². The van der Waals surface area contributed by atoms with Crippen molar-refractivity contribution >= 4 is 40.1 Å². The predicted molar refractivity (Wildman–Crippen MR) is 156 cm³/mol. The molecule has 0 radical (unpaired) electrons. The smallest absolute Gasteiger partial charge is 0.231 e. The van der Waals surface area contributed by atoms with Gasteiger partial charge in [-0.2, -0.15) is 9.97 Å². The zero-order valence-corrected chi connectivity index (χ0v) is 22.5. The fourth-order valence-corrected chi connectivity index (χ4v) is 5.62. The van der Waals surface area contributed by atoms with E-state index < -0.39 is 0 Å². The quantitative estimate of drug-likeness (QED) is 0.351. The van der Waals surface area contributed by atoms with Crippen LogP contribution < -0.4 is 20.4 Å². The molecule has 3 N–H and O–H groups in total. The molecule has 10 nitrogen and oxygen atoms in total. The molecule has 1 aromatic carbocycles. The maximum Gasteiger partial charge on any atom is 0.231 e. The van der Waals surface area contributed by atoms with E-state index in [2.05, 4.69) is 61.7 Å². The van der Waals surface area contributed by atoms with Gasteiger partial charge in [0.2, 0.25) is 11.9 Å². The molecule has 0 atom stereocenters. The molecule has 10 heteroatoms. The molecule has 0 unspecified atom stereocenters. The Hall–Kier alpha value is -4.18. The van der Waals surface area contributed by atoms with Crippen molar-refractivity contribution in [3.63, 3.8) is 0 Å². The molecule has 39 heavy (non-hydrogen) atoms. The molecule has 0 bridgehead atoms. The van der Waals surface area contributed by atoms with Crippen molar-refractivity contribution < 1.29 is 4.79 Å². The van der Waals surface area contributed by atoms with Gasteiger partial charge in [0.05, 0.1) is 5.39 Å². The monoisotopic (exact) mass is 525 g/mol. The van der Waals surface area contributed by atoms with E-state index >= 15 is 0 Å². The molecule has 2 fully saturated rings. The lowest BCUT2D eigenvalue weighted by Crippen LogP contribution is -2.48. The third kappa shape index (κ3) is 5.24. The van der Waals surface area contributed by atoms with Gasteiger partial charge in [-0.25, -0.2) is 0 Å². The maximum atomic E-state index is 11.6. The number of anilines is 4. The van der Waals surface area contributed by atoms with Gasteiger partial charge in [0.1, 0.15) is 11.5 Å². The lowest BCUT2D eigenvalue weighted by molar-refractivity contribution is -0.129. The fourth-order valence-electron chi connectivity index (χ4n) is 5.62. The van der Waals surface area contributed by atoms with Crippen LogP contribution >= 0.6 is 0 Å². The molecule has 4 aromatic rings. The third-order valence-corrected chi connectivity index (χ3v) is 7.91. The van der Waals surface area contributed by atoms with Crippen LogP contribution in [0.1, 0.15) is 19.8 Å². The number of benzene rings is 1. The SMILES string of the molecule is CC(=O)N1CCN(c2ccc(Nc3nc(N(C)C4CCNCC4)c4c(-c5ccncc5)c[nH]c4n3)cc2)CC1. The molecule has 0 aliphatic carbocycles. The van der Waals surface area contributed by atoms with Crippen LogP contribution in [0, 0.1) is 0 Å². The average Bonchev–Trinajstić information content (AvgIpc) is 3.42. The van der Waals surface area contributed by atoms with Gasteiger partial charge in [-0.1, -0.05) is 0 Å². The van der Waals surface area contributed by atoms with Gasteiger partial charge in [-0.3, -0.25) is 9.78 Å². The van der Waals surface area contributed by atoms with Gasteiger partial charge < -0.3 is 30.3 Å². The van der Waals surface area contributed by atoms with Crippen molar-refractivity contribution in [3.05, 3.63) is 55.0 Å². The summed E-state index contributed by atoms with van der Waals surface area (Å²) < 4.78 is 0. The second kappa shape index (κ2) is 10.9. The summed E-state index contributed by atoms with van der Waals surface area (Å²) in [7, 11) is 2.14. The van der Waals surface area contributed by atoms with Crippen molar-refractivity contribution in [2.24, 2.45) is 0 Å². The lowest BCUT2D eigenvalue weighted by atomic mass is 10.0. The number of fused-ring (bicyclic) bond motifs is 1. The number of nitrogens with zero attached hydrogens (tertiary/aromatic N) is 6. The van der Waals surface area contributed by atoms with Crippen molar-refractivity contribution in [1.82, 2.24) is 30.2 Å². The zero-order chi connectivity index (χ0) is 26.8. The van der Waals surface area contributed by atoms with Crippen LogP contribution in [0.5, 0.6) is 0 Å². The Morgan fingerprint density at radius 2 is 1.72 bits per heavy atom. The van der Waals surface area contributed by atoms with Gasteiger partial charge in [-0.15, -0.1) is 0 Å². The average molecular weight is 526 g/mol. The van der Waals surface area contributed by atoms with Crippen LogP contribution in [0.3, 0.4) is 0 Å². The number of hydrogen-bond donors (Lipinski definition) is 3. The summed E-state index contributed by atoms with van der Waals surface area (Å²) in [5.41, 5.74) is 5.04. The highest BCUT2D eigenvalue weighted by Gasteiger charge is 2.24. The number of piperidine rings is 1. The summed E-state index contributed by atoms with van der Waals surface area (Å²) in [4.78, 5) is 35.7. The number of pyridine rings is 1. The van der Waals surface area contributed by atoms with Crippen molar-refractivity contribution in [2.75, 3.05) is 61.4 Å². The number of amides is 1. The summed E-state index contributed by atoms with van der Waals surface area (Å²) in [5, 5.41) is 7.92.